The molecule has 1 aromatic rings. The average Bonchev–Trinajstić information content (AvgIpc) is 2.56. The molecule has 1 aromatic carbocycles. The van der Waals surface area contributed by atoms with Gasteiger partial charge in [-0.1, -0.05) is 12.1 Å². The van der Waals surface area contributed by atoms with Gasteiger partial charge in [-0.05, 0) is 30.4 Å². The first-order valence-corrected chi connectivity index (χ1v) is 9.03. The van der Waals surface area contributed by atoms with E-state index in [1.165, 1.54) is 0 Å². The Kier molecular flexibility index (Phi) is 6.25. The summed E-state index contributed by atoms with van der Waals surface area (Å²) in [6, 6.07) is 6.87. The molecule has 1 saturated heterocycles. The molecule has 6 nitrogen and oxygen atoms in total. The summed E-state index contributed by atoms with van der Waals surface area (Å²) in [6.45, 7) is 0.545. The second kappa shape index (κ2) is 8.19. The topological polar surface area (TPSA) is 86.7 Å². The third-order valence-corrected chi connectivity index (χ3v) is 4.99. The number of carboxylic acid groups (broad SMARTS) is 1. The molecule has 7 heteroatoms. The number of aliphatic carboxylic acids is 1. The fourth-order valence-electron chi connectivity index (χ4n) is 2.72. The minimum absolute atomic E-state index is 0.0551. The number of hydrogen-bond donors (Lipinski definition) is 2. The Hall–Kier alpha value is -2.02. The Balaban J connectivity index is 2.08. The van der Waals surface area contributed by atoms with Crippen molar-refractivity contribution in [2.45, 2.75) is 30.2 Å². The van der Waals surface area contributed by atoms with Gasteiger partial charge in [0.1, 0.15) is 0 Å². The van der Waals surface area contributed by atoms with Crippen molar-refractivity contribution in [3.8, 4) is 0 Å². The first kappa shape index (κ1) is 18.3. The van der Waals surface area contributed by atoms with Crippen LogP contribution in [0.25, 0.3) is 0 Å². The summed E-state index contributed by atoms with van der Waals surface area (Å²) in [5.41, 5.74) is 0.753. The number of likely N-dealkylation sites (tertiary alicyclic amines) is 1. The molecule has 1 aliphatic heterocycles. The fourth-order valence-corrected chi connectivity index (χ4v) is 3.13. The summed E-state index contributed by atoms with van der Waals surface area (Å²) >= 11 is 1.59. The van der Waals surface area contributed by atoms with E-state index in [0.29, 0.717) is 13.0 Å². The number of rotatable bonds is 6. The van der Waals surface area contributed by atoms with Crippen LogP contribution in [0.4, 0.5) is 0 Å². The van der Waals surface area contributed by atoms with Crippen LogP contribution in [0.5, 0.6) is 0 Å². The molecule has 24 heavy (non-hydrogen) atoms. The van der Waals surface area contributed by atoms with E-state index in [-0.39, 0.29) is 24.7 Å². The number of nitrogens with one attached hydrogen (secondary N) is 1. The van der Waals surface area contributed by atoms with Crippen molar-refractivity contribution in [2.75, 3.05) is 19.8 Å². The maximum absolute atomic E-state index is 12.5. The lowest BCUT2D eigenvalue weighted by Crippen LogP contribution is -2.43. The van der Waals surface area contributed by atoms with Crippen LogP contribution < -0.4 is 5.32 Å². The maximum Gasteiger partial charge on any atom is 0.305 e. The second-order valence-electron chi connectivity index (χ2n) is 5.94. The molecule has 1 fully saturated rings. The number of thioether (sulfide) groups is 1. The maximum atomic E-state index is 12.5. The molecule has 0 saturated carbocycles. The van der Waals surface area contributed by atoms with E-state index in [1.807, 2.05) is 30.5 Å². The predicted molar refractivity (Wildman–Crippen MR) is 91.7 cm³/mol. The van der Waals surface area contributed by atoms with Gasteiger partial charge in [0.05, 0.1) is 12.5 Å². The zero-order valence-electron chi connectivity index (χ0n) is 13.8. The number of nitrogens with zero attached hydrogens (tertiary/aromatic N) is 1. The van der Waals surface area contributed by atoms with Crippen molar-refractivity contribution in [1.29, 1.82) is 0 Å². The molecule has 130 valence electrons. The number of amides is 2. The van der Waals surface area contributed by atoms with Gasteiger partial charge in [0, 0.05) is 30.8 Å². The molecule has 0 bridgehead atoms. The number of benzene rings is 1. The number of carbonyl (C=O) groups excluding carboxylic acids is 2. The molecule has 2 atom stereocenters. The van der Waals surface area contributed by atoms with Crippen molar-refractivity contribution < 1.29 is 19.5 Å². The van der Waals surface area contributed by atoms with Crippen molar-refractivity contribution in [3.05, 3.63) is 29.8 Å². The number of piperidine rings is 1. The fraction of sp³-hybridized carbons (Fsp3) is 0.471. The minimum Gasteiger partial charge on any atom is -0.481 e. The molecule has 2 rings (SSSR count). The van der Waals surface area contributed by atoms with Crippen LogP contribution >= 0.6 is 11.8 Å². The number of carboxylic acids is 1. The minimum atomic E-state index is -0.978. The molecule has 0 aromatic heterocycles. The van der Waals surface area contributed by atoms with Gasteiger partial charge in [0.2, 0.25) is 11.8 Å². The van der Waals surface area contributed by atoms with Gasteiger partial charge in [0.15, 0.2) is 0 Å². The van der Waals surface area contributed by atoms with E-state index in [9.17, 15) is 14.4 Å². The standard InChI is InChI=1S/C17H22N2O4S/c1-19-8-7-12(9-15(19)20)17(23)18-14(10-16(21)22)11-3-5-13(24-2)6-4-11/h3-6,12,14H,7-10H2,1-2H3,(H,18,23)(H,21,22). The highest BCUT2D eigenvalue weighted by Crippen LogP contribution is 2.23. The molecule has 1 heterocycles. The normalized spacial score (nSPS) is 19.0. The third-order valence-electron chi connectivity index (χ3n) is 4.24. The van der Waals surface area contributed by atoms with E-state index >= 15 is 0 Å². The zero-order valence-corrected chi connectivity index (χ0v) is 14.6. The van der Waals surface area contributed by atoms with E-state index in [4.69, 9.17) is 5.11 Å². The predicted octanol–water partition coefficient (Wildman–Crippen LogP) is 1.91. The zero-order chi connectivity index (χ0) is 17.7. The molecule has 2 N–H and O–H groups in total. The summed E-state index contributed by atoms with van der Waals surface area (Å²) < 4.78 is 0. The highest BCUT2D eigenvalue weighted by molar-refractivity contribution is 7.98. The van der Waals surface area contributed by atoms with E-state index < -0.39 is 17.9 Å². The van der Waals surface area contributed by atoms with Crippen molar-refractivity contribution in [1.82, 2.24) is 10.2 Å². The smallest absolute Gasteiger partial charge is 0.305 e. The van der Waals surface area contributed by atoms with Crippen LogP contribution in [0.2, 0.25) is 0 Å². The molecule has 0 spiro atoms. The highest BCUT2D eigenvalue weighted by atomic mass is 32.2. The Morgan fingerprint density at radius 3 is 2.58 bits per heavy atom. The SMILES string of the molecule is CSc1ccc(C(CC(=O)O)NC(=O)C2CCN(C)C(=O)C2)cc1. The Labute approximate surface area is 145 Å². The van der Waals surface area contributed by atoms with Crippen molar-refractivity contribution >= 4 is 29.5 Å². The Bertz CT molecular complexity index is 618. The van der Waals surface area contributed by atoms with Crippen LogP contribution in [0.3, 0.4) is 0 Å². The lowest BCUT2D eigenvalue weighted by Gasteiger charge is -2.29. The van der Waals surface area contributed by atoms with Crippen molar-refractivity contribution in [3.63, 3.8) is 0 Å². The summed E-state index contributed by atoms with van der Waals surface area (Å²) in [4.78, 5) is 38.0. The van der Waals surface area contributed by atoms with Crippen LogP contribution in [-0.2, 0) is 14.4 Å². The molecule has 0 aliphatic carbocycles. The van der Waals surface area contributed by atoms with Gasteiger partial charge in [-0.2, -0.15) is 0 Å². The molecule has 2 amide bonds. The molecular formula is C17H22N2O4S. The number of hydrogen-bond acceptors (Lipinski definition) is 4. The molecule has 1 aliphatic rings. The van der Waals surface area contributed by atoms with Gasteiger partial charge in [-0.3, -0.25) is 14.4 Å². The number of carbonyl (C=O) groups is 3. The van der Waals surface area contributed by atoms with Gasteiger partial charge in [0.25, 0.3) is 0 Å². The average molecular weight is 350 g/mol. The second-order valence-corrected chi connectivity index (χ2v) is 6.82. The van der Waals surface area contributed by atoms with Crippen LogP contribution in [0.15, 0.2) is 29.2 Å². The van der Waals surface area contributed by atoms with Crippen LogP contribution in [0, 0.1) is 5.92 Å². The monoisotopic (exact) mass is 350 g/mol. The summed E-state index contributed by atoms with van der Waals surface area (Å²) in [5.74, 6) is -1.68. The van der Waals surface area contributed by atoms with Gasteiger partial charge in [-0.15, -0.1) is 11.8 Å². The van der Waals surface area contributed by atoms with Gasteiger partial charge >= 0.3 is 5.97 Å². The quantitative estimate of drug-likeness (QED) is 0.766. The van der Waals surface area contributed by atoms with Gasteiger partial charge in [-0.25, -0.2) is 0 Å². The van der Waals surface area contributed by atoms with Crippen LogP contribution in [-0.4, -0.2) is 47.6 Å². The Morgan fingerprint density at radius 2 is 2.04 bits per heavy atom. The summed E-state index contributed by atoms with van der Waals surface area (Å²) in [5, 5.41) is 11.9. The molecule has 0 radical (unpaired) electrons. The largest absolute Gasteiger partial charge is 0.481 e. The molecular weight excluding hydrogens is 328 g/mol. The first-order valence-electron chi connectivity index (χ1n) is 7.80. The van der Waals surface area contributed by atoms with E-state index in [0.717, 1.165) is 10.5 Å². The highest BCUT2D eigenvalue weighted by Gasteiger charge is 2.30. The lowest BCUT2D eigenvalue weighted by molar-refractivity contribution is -0.140. The Morgan fingerprint density at radius 1 is 1.38 bits per heavy atom. The van der Waals surface area contributed by atoms with Gasteiger partial charge < -0.3 is 15.3 Å². The summed E-state index contributed by atoms with van der Waals surface area (Å²) in [7, 11) is 1.72. The lowest BCUT2D eigenvalue weighted by atomic mass is 9.94. The first-order chi connectivity index (χ1) is 11.4. The van der Waals surface area contributed by atoms with E-state index in [2.05, 4.69) is 5.32 Å². The summed E-state index contributed by atoms with van der Waals surface area (Å²) in [6.07, 6.45) is 2.54. The van der Waals surface area contributed by atoms with E-state index in [1.54, 1.807) is 23.7 Å². The van der Waals surface area contributed by atoms with Crippen molar-refractivity contribution in [2.24, 2.45) is 5.92 Å². The third kappa shape index (κ3) is 4.74. The molecule has 2 unspecified atom stereocenters. The van der Waals surface area contributed by atoms with Crippen LogP contribution in [0.1, 0.15) is 30.9 Å².